The number of hydrogen-bond donors (Lipinski definition) is 5. The summed E-state index contributed by atoms with van der Waals surface area (Å²) >= 11 is 0. The van der Waals surface area contributed by atoms with Gasteiger partial charge in [-0.05, 0) is 12.8 Å². The molecule has 1 rings (SSSR count). The van der Waals surface area contributed by atoms with Crippen molar-refractivity contribution >= 4 is 13.6 Å². The first-order chi connectivity index (χ1) is 8.17. The predicted octanol–water partition coefficient (Wildman–Crippen LogP) is -0.672. The summed E-state index contributed by atoms with van der Waals surface area (Å²) in [5.74, 6) is -1.08. The van der Waals surface area contributed by atoms with Crippen LogP contribution in [0.15, 0.2) is 0 Å². The van der Waals surface area contributed by atoms with Crippen molar-refractivity contribution in [3.05, 3.63) is 0 Å². The molecule has 0 bridgehead atoms. The molecule has 0 amide bonds. The van der Waals surface area contributed by atoms with E-state index in [0.29, 0.717) is 12.8 Å². The highest BCUT2D eigenvalue weighted by Gasteiger charge is 2.47. The summed E-state index contributed by atoms with van der Waals surface area (Å²) in [7, 11) is -4.81. The molecule has 0 aromatic carbocycles. The molecule has 0 aromatic heterocycles. The Balaban J connectivity index is 0.00000324. The number of aliphatic hydroxyl groups is 3. The van der Waals surface area contributed by atoms with E-state index in [4.69, 9.17) is 9.79 Å². The summed E-state index contributed by atoms with van der Waals surface area (Å²) in [6.07, 6.45) is -1.68. The fourth-order valence-corrected chi connectivity index (χ4v) is 2.28. The van der Waals surface area contributed by atoms with Gasteiger partial charge in [-0.1, -0.05) is 20.3 Å². The highest BCUT2D eigenvalue weighted by molar-refractivity contribution is 7.46. The summed E-state index contributed by atoms with van der Waals surface area (Å²) in [6, 6.07) is 0. The number of phosphoric acid groups is 1. The van der Waals surface area contributed by atoms with Crippen molar-refractivity contribution in [3.63, 3.8) is 0 Å². The van der Waals surface area contributed by atoms with E-state index in [1.807, 2.05) is 0 Å². The molecular formula is C10H21O8P. The van der Waals surface area contributed by atoms with Crippen LogP contribution >= 0.6 is 7.82 Å². The molecule has 0 aromatic rings. The smallest absolute Gasteiger partial charge is 0.390 e. The predicted molar refractivity (Wildman–Crippen MR) is 65.2 cm³/mol. The molecule has 19 heavy (non-hydrogen) atoms. The Labute approximate surface area is 111 Å². The van der Waals surface area contributed by atoms with Gasteiger partial charge < -0.3 is 25.1 Å². The Morgan fingerprint density at radius 1 is 1.42 bits per heavy atom. The van der Waals surface area contributed by atoms with Crippen LogP contribution in [-0.2, 0) is 13.9 Å². The Hall–Kier alpha value is -0.340. The summed E-state index contributed by atoms with van der Waals surface area (Å²) in [6.45, 7) is -1.03. The van der Waals surface area contributed by atoms with Gasteiger partial charge in [-0.25, -0.2) is 4.57 Å². The largest absolute Gasteiger partial charge is 0.470 e. The van der Waals surface area contributed by atoms with Gasteiger partial charge in [0.2, 0.25) is 0 Å². The van der Waals surface area contributed by atoms with Crippen LogP contribution in [0.4, 0.5) is 0 Å². The van der Waals surface area contributed by atoms with Crippen molar-refractivity contribution in [1.82, 2.24) is 0 Å². The third-order valence-corrected chi connectivity index (χ3v) is 3.50. The van der Waals surface area contributed by atoms with E-state index in [0.717, 1.165) is 0 Å². The molecule has 0 aliphatic heterocycles. The molecule has 1 aliphatic carbocycles. The molecule has 0 spiro atoms. The Morgan fingerprint density at radius 2 is 2.00 bits per heavy atom. The number of ketones is 1. The maximum Gasteiger partial charge on any atom is 0.470 e. The van der Waals surface area contributed by atoms with Gasteiger partial charge in [0.1, 0.15) is 18.3 Å². The number of carbonyl (C=O) groups excluding carboxylic acids is 1. The van der Waals surface area contributed by atoms with Gasteiger partial charge in [-0.15, -0.1) is 0 Å². The lowest BCUT2D eigenvalue weighted by molar-refractivity contribution is -0.176. The lowest BCUT2D eigenvalue weighted by Crippen LogP contribution is -2.57. The van der Waals surface area contributed by atoms with Crippen LogP contribution in [0.3, 0.4) is 0 Å². The zero-order valence-corrected chi connectivity index (χ0v) is 10.5. The molecule has 5 N–H and O–H groups in total. The topological polar surface area (TPSA) is 145 Å². The zero-order chi connectivity index (χ0) is 14.0. The molecule has 9 heteroatoms. The second-order valence-electron chi connectivity index (χ2n) is 4.39. The molecule has 1 saturated carbocycles. The van der Waals surface area contributed by atoms with E-state index in [9.17, 15) is 24.7 Å². The SMILES string of the molecule is C.O=C(COP(=O)(O)O)C(O)C1(O)CCCCC1O. The highest BCUT2D eigenvalue weighted by Crippen LogP contribution is 2.36. The second-order valence-corrected chi connectivity index (χ2v) is 5.63. The van der Waals surface area contributed by atoms with Crippen LogP contribution in [0, 0.1) is 0 Å². The van der Waals surface area contributed by atoms with Gasteiger partial charge in [-0.3, -0.25) is 9.32 Å². The molecule has 0 heterocycles. The summed E-state index contributed by atoms with van der Waals surface area (Å²) < 4.78 is 14.4. The highest BCUT2D eigenvalue weighted by atomic mass is 31.2. The van der Waals surface area contributed by atoms with Crippen molar-refractivity contribution in [3.8, 4) is 0 Å². The first-order valence-corrected chi connectivity index (χ1v) is 7.01. The number of Topliss-reactive ketones (excluding diaryl/α,β-unsaturated/α-hetero) is 1. The van der Waals surface area contributed by atoms with Crippen LogP contribution in [-0.4, -0.2) is 55.3 Å². The van der Waals surface area contributed by atoms with Crippen LogP contribution < -0.4 is 0 Å². The minimum absolute atomic E-state index is 0. The number of hydrogen-bond acceptors (Lipinski definition) is 6. The monoisotopic (exact) mass is 300 g/mol. The van der Waals surface area contributed by atoms with E-state index in [1.54, 1.807) is 0 Å². The van der Waals surface area contributed by atoms with Crippen LogP contribution in [0.25, 0.3) is 0 Å². The molecule has 1 fully saturated rings. The Morgan fingerprint density at radius 3 is 2.47 bits per heavy atom. The average molecular weight is 300 g/mol. The molecule has 1 aliphatic rings. The van der Waals surface area contributed by atoms with E-state index < -0.39 is 38.0 Å². The maximum absolute atomic E-state index is 11.5. The third-order valence-electron chi connectivity index (χ3n) is 3.04. The third kappa shape index (κ3) is 4.92. The van der Waals surface area contributed by atoms with E-state index >= 15 is 0 Å². The molecule has 0 saturated heterocycles. The number of phosphoric ester groups is 1. The molecule has 3 unspecified atom stereocenters. The van der Waals surface area contributed by atoms with E-state index in [1.165, 1.54) is 0 Å². The van der Waals surface area contributed by atoms with Gasteiger partial charge >= 0.3 is 7.82 Å². The average Bonchev–Trinajstić information content (AvgIpc) is 2.28. The lowest BCUT2D eigenvalue weighted by atomic mass is 9.77. The van der Waals surface area contributed by atoms with Crippen molar-refractivity contribution in [2.24, 2.45) is 0 Å². The molecule has 0 radical (unpaired) electrons. The fraction of sp³-hybridized carbons (Fsp3) is 0.900. The van der Waals surface area contributed by atoms with Crippen LogP contribution in [0.2, 0.25) is 0 Å². The lowest BCUT2D eigenvalue weighted by Gasteiger charge is -2.39. The minimum atomic E-state index is -4.81. The Bertz CT molecular complexity index is 353. The second kappa shape index (κ2) is 6.90. The fourth-order valence-electron chi connectivity index (χ4n) is 1.99. The first kappa shape index (κ1) is 18.7. The first-order valence-electron chi connectivity index (χ1n) is 5.48. The maximum atomic E-state index is 11.5. The summed E-state index contributed by atoms with van der Waals surface area (Å²) in [5.41, 5.74) is -1.98. The standard InChI is InChI=1S/C9H17O8P.CH4/c10-6(5-17-18(14,15)16)8(12)9(13)4-2-1-3-7(9)11;/h7-8,11-13H,1-5H2,(H2,14,15,16);1H4. The van der Waals surface area contributed by atoms with Gasteiger partial charge in [-0.2, -0.15) is 0 Å². The normalized spacial score (nSPS) is 29.4. The van der Waals surface area contributed by atoms with Crippen molar-refractivity contribution in [1.29, 1.82) is 0 Å². The van der Waals surface area contributed by atoms with E-state index in [2.05, 4.69) is 4.52 Å². The van der Waals surface area contributed by atoms with Crippen LogP contribution in [0.1, 0.15) is 33.1 Å². The summed E-state index contributed by atoms with van der Waals surface area (Å²) in [5, 5.41) is 29.3. The van der Waals surface area contributed by atoms with Crippen molar-refractivity contribution in [2.45, 2.75) is 50.9 Å². The molecule has 114 valence electrons. The number of aliphatic hydroxyl groups excluding tert-OH is 2. The number of rotatable bonds is 5. The van der Waals surface area contributed by atoms with Crippen molar-refractivity contribution in [2.75, 3.05) is 6.61 Å². The van der Waals surface area contributed by atoms with Gasteiger partial charge in [0.25, 0.3) is 0 Å². The van der Waals surface area contributed by atoms with Crippen molar-refractivity contribution < 1.29 is 39.0 Å². The van der Waals surface area contributed by atoms with Gasteiger partial charge in [0.15, 0.2) is 5.78 Å². The number of carbonyl (C=O) groups is 1. The quantitative estimate of drug-likeness (QED) is 0.420. The molecular weight excluding hydrogens is 279 g/mol. The van der Waals surface area contributed by atoms with Gasteiger partial charge in [0, 0.05) is 0 Å². The van der Waals surface area contributed by atoms with Crippen LogP contribution in [0.5, 0.6) is 0 Å². The minimum Gasteiger partial charge on any atom is -0.390 e. The Kier molecular flexibility index (Phi) is 6.77. The van der Waals surface area contributed by atoms with E-state index in [-0.39, 0.29) is 20.3 Å². The zero-order valence-electron chi connectivity index (χ0n) is 9.60. The summed E-state index contributed by atoms with van der Waals surface area (Å²) in [4.78, 5) is 28.3. The van der Waals surface area contributed by atoms with Gasteiger partial charge in [0.05, 0.1) is 6.10 Å². The molecule has 3 atom stereocenters. The molecule has 8 nitrogen and oxygen atoms in total.